The SMILES string of the molecule is COCCS(=O)(=O)N1CCC(C(=O)Nc2ccc(F)c(Cl)c2)CC1. The van der Waals surface area contributed by atoms with E-state index in [9.17, 15) is 17.6 Å². The number of carbonyl (C=O) groups is 1. The molecule has 6 nitrogen and oxygen atoms in total. The molecule has 9 heteroatoms. The Morgan fingerprint density at radius 2 is 2.08 bits per heavy atom. The Morgan fingerprint density at radius 3 is 2.67 bits per heavy atom. The van der Waals surface area contributed by atoms with E-state index in [0.717, 1.165) is 0 Å². The van der Waals surface area contributed by atoms with E-state index in [1.165, 1.54) is 29.6 Å². The number of benzene rings is 1. The maximum absolute atomic E-state index is 13.1. The van der Waals surface area contributed by atoms with Crippen LogP contribution in [0.5, 0.6) is 0 Å². The number of carbonyl (C=O) groups excluding carboxylic acids is 1. The summed E-state index contributed by atoms with van der Waals surface area (Å²) in [5, 5.41) is 2.63. The molecule has 1 heterocycles. The third-order valence-corrected chi connectivity index (χ3v) is 6.07. The van der Waals surface area contributed by atoms with E-state index in [-0.39, 0.29) is 29.2 Å². The number of methoxy groups -OCH3 is 1. The average Bonchev–Trinajstić information content (AvgIpc) is 2.56. The van der Waals surface area contributed by atoms with Crippen LogP contribution in [0.1, 0.15) is 12.8 Å². The number of halogens is 2. The van der Waals surface area contributed by atoms with Gasteiger partial charge in [0.05, 0.1) is 17.4 Å². The van der Waals surface area contributed by atoms with Crippen LogP contribution in [0.2, 0.25) is 5.02 Å². The summed E-state index contributed by atoms with van der Waals surface area (Å²) in [6.07, 6.45) is 0.875. The Kier molecular flexibility index (Phi) is 6.56. The van der Waals surface area contributed by atoms with Crippen LogP contribution in [-0.4, -0.2) is 51.2 Å². The van der Waals surface area contributed by atoms with Gasteiger partial charge in [0.1, 0.15) is 5.82 Å². The number of anilines is 1. The molecule has 0 aliphatic carbocycles. The van der Waals surface area contributed by atoms with Crippen LogP contribution in [0.15, 0.2) is 18.2 Å². The lowest BCUT2D eigenvalue weighted by Crippen LogP contribution is -2.42. The van der Waals surface area contributed by atoms with E-state index in [4.69, 9.17) is 16.3 Å². The Bertz CT molecular complexity index is 691. The van der Waals surface area contributed by atoms with Crippen molar-refractivity contribution in [3.8, 4) is 0 Å². The predicted octanol–water partition coefficient (Wildman–Crippen LogP) is 2.11. The van der Waals surface area contributed by atoms with Crippen molar-refractivity contribution in [2.45, 2.75) is 12.8 Å². The maximum atomic E-state index is 13.1. The summed E-state index contributed by atoms with van der Waals surface area (Å²) >= 11 is 5.68. The monoisotopic (exact) mass is 378 g/mol. The van der Waals surface area contributed by atoms with Gasteiger partial charge < -0.3 is 10.1 Å². The van der Waals surface area contributed by atoms with Gasteiger partial charge in [0.25, 0.3) is 0 Å². The van der Waals surface area contributed by atoms with Crippen LogP contribution in [0.3, 0.4) is 0 Å². The minimum atomic E-state index is -3.35. The Morgan fingerprint density at radius 1 is 1.42 bits per heavy atom. The van der Waals surface area contributed by atoms with Gasteiger partial charge in [0.2, 0.25) is 15.9 Å². The maximum Gasteiger partial charge on any atom is 0.227 e. The largest absolute Gasteiger partial charge is 0.384 e. The van der Waals surface area contributed by atoms with Crippen LogP contribution < -0.4 is 5.32 Å². The third kappa shape index (κ3) is 4.89. The molecule has 0 saturated carbocycles. The highest BCUT2D eigenvalue weighted by molar-refractivity contribution is 7.89. The molecule has 1 N–H and O–H groups in total. The minimum absolute atomic E-state index is 0.0611. The van der Waals surface area contributed by atoms with Gasteiger partial charge in [-0.05, 0) is 31.0 Å². The van der Waals surface area contributed by atoms with Gasteiger partial charge in [0, 0.05) is 31.8 Å². The summed E-state index contributed by atoms with van der Waals surface area (Å²) in [5.41, 5.74) is 0.418. The lowest BCUT2D eigenvalue weighted by molar-refractivity contribution is -0.120. The molecule has 1 aromatic carbocycles. The van der Waals surface area contributed by atoms with E-state index < -0.39 is 15.8 Å². The molecule has 134 valence electrons. The number of hydrogen-bond acceptors (Lipinski definition) is 4. The Labute approximate surface area is 146 Å². The molecule has 1 aliphatic rings. The van der Waals surface area contributed by atoms with Crippen molar-refractivity contribution in [3.63, 3.8) is 0 Å². The first-order chi connectivity index (χ1) is 11.3. The number of hydrogen-bond donors (Lipinski definition) is 1. The highest BCUT2D eigenvalue weighted by atomic mass is 35.5. The zero-order valence-corrected chi connectivity index (χ0v) is 14.9. The Hall–Kier alpha value is -1.22. The van der Waals surface area contributed by atoms with Crippen molar-refractivity contribution >= 4 is 33.2 Å². The molecular weight excluding hydrogens is 359 g/mol. The number of piperidine rings is 1. The van der Waals surface area contributed by atoms with Gasteiger partial charge in [-0.3, -0.25) is 4.79 Å². The highest BCUT2D eigenvalue weighted by Crippen LogP contribution is 2.23. The standard InChI is InChI=1S/C15H20ClFN2O4S/c1-23-8-9-24(21,22)19-6-4-11(5-7-19)15(20)18-12-2-3-14(17)13(16)10-12/h2-3,10-11H,4-9H2,1H3,(H,18,20). The second-order valence-electron chi connectivity index (χ2n) is 5.60. The van der Waals surface area contributed by atoms with Crippen molar-refractivity contribution in [2.75, 3.05) is 37.9 Å². The summed E-state index contributed by atoms with van der Waals surface area (Å²) in [6.45, 7) is 0.747. The van der Waals surface area contributed by atoms with E-state index in [1.807, 2.05) is 0 Å². The number of nitrogens with one attached hydrogen (secondary N) is 1. The van der Waals surface area contributed by atoms with Gasteiger partial charge in [-0.25, -0.2) is 17.1 Å². The second kappa shape index (κ2) is 8.24. The average molecular weight is 379 g/mol. The lowest BCUT2D eigenvalue weighted by Gasteiger charge is -2.30. The fourth-order valence-electron chi connectivity index (χ4n) is 2.53. The molecule has 24 heavy (non-hydrogen) atoms. The molecule has 1 aromatic rings. The Balaban J connectivity index is 1.89. The van der Waals surface area contributed by atoms with Crippen LogP contribution in [0.4, 0.5) is 10.1 Å². The summed E-state index contributed by atoms with van der Waals surface area (Å²) in [6, 6.07) is 3.96. The number of amides is 1. The van der Waals surface area contributed by atoms with E-state index >= 15 is 0 Å². The third-order valence-electron chi connectivity index (χ3n) is 3.95. The molecule has 1 aliphatic heterocycles. The molecule has 2 rings (SSSR count). The van der Waals surface area contributed by atoms with Crippen molar-refractivity contribution in [1.29, 1.82) is 0 Å². The molecule has 0 atom stereocenters. The molecule has 0 bridgehead atoms. The van der Waals surface area contributed by atoms with Crippen molar-refractivity contribution in [1.82, 2.24) is 4.31 Å². The van der Waals surface area contributed by atoms with Crippen LogP contribution in [0.25, 0.3) is 0 Å². The van der Waals surface area contributed by atoms with E-state index in [2.05, 4.69) is 5.32 Å². The molecule has 1 saturated heterocycles. The van der Waals surface area contributed by atoms with Crippen LogP contribution >= 0.6 is 11.6 Å². The molecule has 0 radical (unpaired) electrons. The summed E-state index contributed by atoms with van der Waals surface area (Å²) < 4.78 is 43.5. The lowest BCUT2D eigenvalue weighted by atomic mass is 9.97. The topological polar surface area (TPSA) is 75.7 Å². The second-order valence-corrected chi connectivity index (χ2v) is 8.10. The summed E-state index contributed by atoms with van der Waals surface area (Å²) in [7, 11) is -1.89. The van der Waals surface area contributed by atoms with Gasteiger partial charge in [-0.15, -0.1) is 0 Å². The van der Waals surface area contributed by atoms with Crippen molar-refractivity contribution in [2.24, 2.45) is 5.92 Å². The van der Waals surface area contributed by atoms with Crippen molar-refractivity contribution in [3.05, 3.63) is 29.0 Å². The molecule has 0 spiro atoms. The number of ether oxygens (including phenoxy) is 1. The van der Waals surface area contributed by atoms with Gasteiger partial charge in [-0.2, -0.15) is 0 Å². The molecule has 0 unspecified atom stereocenters. The smallest absolute Gasteiger partial charge is 0.227 e. The normalized spacial score (nSPS) is 17.0. The summed E-state index contributed by atoms with van der Waals surface area (Å²) in [5.74, 6) is -1.12. The molecule has 1 fully saturated rings. The first-order valence-electron chi connectivity index (χ1n) is 7.56. The number of rotatable bonds is 6. The zero-order chi connectivity index (χ0) is 17.7. The zero-order valence-electron chi connectivity index (χ0n) is 13.3. The van der Waals surface area contributed by atoms with Crippen LogP contribution in [-0.2, 0) is 19.6 Å². The number of sulfonamides is 1. The van der Waals surface area contributed by atoms with Gasteiger partial charge in [-0.1, -0.05) is 11.6 Å². The molecule has 0 aromatic heterocycles. The molecular formula is C15H20ClFN2O4S. The predicted molar refractivity (Wildman–Crippen MR) is 90.0 cm³/mol. The first-order valence-corrected chi connectivity index (χ1v) is 9.55. The fraction of sp³-hybridized carbons (Fsp3) is 0.533. The van der Waals surface area contributed by atoms with Crippen LogP contribution in [0, 0.1) is 11.7 Å². The van der Waals surface area contributed by atoms with Crippen molar-refractivity contribution < 1.29 is 22.3 Å². The highest BCUT2D eigenvalue weighted by Gasteiger charge is 2.30. The number of nitrogens with zero attached hydrogens (tertiary/aromatic N) is 1. The summed E-state index contributed by atoms with van der Waals surface area (Å²) in [4.78, 5) is 12.3. The minimum Gasteiger partial charge on any atom is -0.384 e. The van der Waals surface area contributed by atoms with Gasteiger partial charge in [0.15, 0.2) is 0 Å². The van der Waals surface area contributed by atoms with E-state index in [1.54, 1.807) is 0 Å². The first kappa shape index (κ1) is 19.1. The fourth-order valence-corrected chi connectivity index (χ4v) is 4.12. The quantitative estimate of drug-likeness (QED) is 0.822. The van der Waals surface area contributed by atoms with E-state index in [0.29, 0.717) is 31.6 Å². The molecule has 1 amide bonds. The van der Waals surface area contributed by atoms with Gasteiger partial charge >= 0.3 is 0 Å².